The Morgan fingerprint density at radius 2 is 2.47 bits per heavy atom. The van der Waals surface area contributed by atoms with Crippen molar-refractivity contribution in [2.24, 2.45) is 0 Å². The van der Waals surface area contributed by atoms with E-state index >= 15 is 0 Å². The number of fused-ring (bicyclic) bond motifs is 1. The van der Waals surface area contributed by atoms with Crippen molar-refractivity contribution in [2.45, 2.75) is 18.9 Å². The van der Waals surface area contributed by atoms with Crippen LogP contribution in [-0.2, 0) is 4.74 Å². The molecule has 0 aromatic carbocycles. The minimum atomic E-state index is 0.143. The Bertz CT molecular complexity index is 520. The molecule has 1 saturated heterocycles. The Labute approximate surface area is 97.4 Å². The predicted octanol–water partition coefficient (Wildman–Crippen LogP) is 0.493. The average molecular weight is 235 g/mol. The molecular weight excluding hydrogens is 222 g/mol. The fraction of sp³-hybridized carbons (Fsp3) is 0.500. The SMILES string of the molecule is Nc1nc(OCC2CCCO2)c2[nH]cnc2n1. The maximum absolute atomic E-state index is 5.62. The van der Waals surface area contributed by atoms with Crippen molar-refractivity contribution in [3.63, 3.8) is 0 Å². The standard InChI is InChI=1S/C10H13N5O2/c11-10-14-8-7(12-5-13-8)9(15-10)17-4-6-2-1-3-16-6/h5-6H,1-4H2,(H3,11,12,13,14,15). The molecule has 0 spiro atoms. The van der Waals surface area contributed by atoms with E-state index in [2.05, 4.69) is 19.9 Å². The van der Waals surface area contributed by atoms with E-state index < -0.39 is 0 Å². The number of nitrogens with one attached hydrogen (secondary N) is 1. The largest absolute Gasteiger partial charge is 0.473 e. The molecule has 1 aliphatic heterocycles. The lowest BCUT2D eigenvalue weighted by Crippen LogP contribution is -2.17. The third kappa shape index (κ3) is 2.01. The average Bonchev–Trinajstić information content (AvgIpc) is 2.95. The van der Waals surface area contributed by atoms with Crippen LogP contribution in [0, 0.1) is 0 Å². The van der Waals surface area contributed by atoms with Gasteiger partial charge in [-0.1, -0.05) is 0 Å². The molecule has 2 aromatic heterocycles. The van der Waals surface area contributed by atoms with Crippen molar-refractivity contribution in [3.8, 4) is 5.88 Å². The molecule has 7 heteroatoms. The van der Waals surface area contributed by atoms with Crippen molar-refractivity contribution in [1.29, 1.82) is 0 Å². The van der Waals surface area contributed by atoms with Gasteiger partial charge in [0.15, 0.2) is 5.65 Å². The third-order valence-corrected chi connectivity index (χ3v) is 2.70. The van der Waals surface area contributed by atoms with Gasteiger partial charge in [-0.2, -0.15) is 9.97 Å². The van der Waals surface area contributed by atoms with Gasteiger partial charge in [0, 0.05) is 6.61 Å². The highest BCUT2D eigenvalue weighted by Crippen LogP contribution is 2.21. The number of nitrogens with two attached hydrogens (primary N) is 1. The molecule has 1 unspecified atom stereocenters. The summed E-state index contributed by atoms with van der Waals surface area (Å²) >= 11 is 0. The van der Waals surface area contributed by atoms with Crippen LogP contribution in [0.3, 0.4) is 0 Å². The van der Waals surface area contributed by atoms with E-state index in [9.17, 15) is 0 Å². The molecule has 2 aromatic rings. The molecule has 1 aliphatic rings. The quantitative estimate of drug-likeness (QED) is 0.803. The fourth-order valence-electron chi connectivity index (χ4n) is 1.87. The molecular formula is C10H13N5O2. The molecule has 90 valence electrons. The van der Waals surface area contributed by atoms with Gasteiger partial charge < -0.3 is 20.2 Å². The third-order valence-electron chi connectivity index (χ3n) is 2.70. The van der Waals surface area contributed by atoms with E-state index in [1.807, 2.05) is 0 Å². The summed E-state index contributed by atoms with van der Waals surface area (Å²) in [4.78, 5) is 15.0. The summed E-state index contributed by atoms with van der Waals surface area (Å²) < 4.78 is 11.1. The van der Waals surface area contributed by atoms with E-state index in [-0.39, 0.29) is 12.1 Å². The van der Waals surface area contributed by atoms with Crippen LogP contribution in [0.4, 0.5) is 5.95 Å². The molecule has 1 atom stereocenters. The summed E-state index contributed by atoms with van der Waals surface area (Å²) in [6, 6.07) is 0. The van der Waals surface area contributed by atoms with Crippen LogP contribution in [-0.4, -0.2) is 39.3 Å². The van der Waals surface area contributed by atoms with Gasteiger partial charge in [-0.15, -0.1) is 0 Å². The van der Waals surface area contributed by atoms with Crippen LogP contribution >= 0.6 is 0 Å². The first kappa shape index (κ1) is 10.3. The Morgan fingerprint density at radius 1 is 1.53 bits per heavy atom. The van der Waals surface area contributed by atoms with Gasteiger partial charge in [-0.25, -0.2) is 4.98 Å². The summed E-state index contributed by atoms with van der Waals surface area (Å²) in [7, 11) is 0. The van der Waals surface area contributed by atoms with E-state index in [4.69, 9.17) is 15.2 Å². The van der Waals surface area contributed by atoms with Gasteiger partial charge in [0.1, 0.15) is 12.1 Å². The number of rotatable bonds is 3. The monoisotopic (exact) mass is 235 g/mol. The van der Waals surface area contributed by atoms with Gasteiger partial charge in [-0.3, -0.25) is 0 Å². The van der Waals surface area contributed by atoms with E-state index in [0.29, 0.717) is 23.7 Å². The molecule has 0 amide bonds. The molecule has 1 fully saturated rings. The normalized spacial score (nSPS) is 19.9. The molecule has 3 N–H and O–H groups in total. The highest BCUT2D eigenvalue weighted by Gasteiger charge is 2.18. The lowest BCUT2D eigenvalue weighted by Gasteiger charge is -2.10. The summed E-state index contributed by atoms with van der Waals surface area (Å²) in [5.41, 5.74) is 6.76. The predicted molar refractivity (Wildman–Crippen MR) is 60.6 cm³/mol. The second-order valence-corrected chi connectivity index (χ2v) is 3.93. The second kappa shape index (κ2) is 4.17. The van der Waals surface area contributed by atoms with Gasteiger partial charge in [0.05, 0.1) is 12.4 Å². The van der Waals surface area contributed by atoms with Crippen LogP contribution in [0.1, 0.15) is 12.8 Å². The first-order chi connectivity index (χ1) is 8.33. The lowest BCUT2D eigenvalue weighted by molar-refractivity contribution is 0.0669. The smallest absolute Gasteiger partial charge is 0.245 e. The number of H-pyrrole nitrogens is 1. The Balaban J connectivity index is 1.81. The zero-order chi connectivity index (χ0) is 11.7. The highest BCUT2D eigenvalue weighted by atomic mass is 16.5. The summed E-state index contributed by atoms with van der Waals surface area (Å²) in [5.74, 6) is 0.590. The summed E-state index contributed by atoms with van der Waals surface area (Å²) in [6.07, 6.45) is 3.79. The first-order valence-corrected chi connectivity index (χ1v) is 5.54. The van der Waals surface area contributed by atoms with Crippen LogP contribution < -0.4 is 10.5 Å². The Morgan fingerprint density at radius 3 is 3.29 bits per heavy atom. The topological polar surface area (TPSA) is 98.9 Å². The second-order valence-electron chi connectivity index (χ2n) is 3.93. The maximum Gasteiger partial charge on any atom is 0.245 e. The number of nitrogen functional groups attached to an aromatic ring is 1. The van der Waals surface area contributed by atoms with Crippen molar-refractivity contribution < 1.29 is 9.47 Å². The van der Waals surface area contributed by atoms with E-state index in [1.54, 1.807) is 0 Å². The minimum Gasteiger partial charge on any atom is -0.473 e. The number of imidazole rings is 1. The zero-order valence-electron chi connectivity index (χ0n) is 9.22. The van der Waals surface area contributed by atoms with Crippen LogP contribution in [0.15, 0.2) is 6.33 Å². The number of aromatic nitrogens is 4. The molecule has 7 nitrogen and oxygen atoms in total. The molecule has 3 rings (SSSR count). The Hall–Kier alpha value is -1.89. The van der Waals surface area contributed by atoms with Gasteiger partial charge >= 0.3 is 0 Å². The fourth-order valence-corrected chi connectivity index (χ4v) is 1.87. The van der Waals surface area contributed by atoms with E-state index in [1.165, 1.54) is 6.33 Å². The van der Waals surface area contributed by atoms with Gasteiger partial charge in [-0.05, 0) is 12.8 Å². The van der Waals surface area contributed by atoms with Crippen molar-refractivity contribution >= 4 is 17.1 Å². The molecule has 3 heterocycles. The zero-order valence-corrected chi connectivity index (χ0v) is 9.22. The van der Waals surface area contributed by atoms with Crippen molar-refractivity contribution in [1.82, 2.24) is 19.9 Å². The van der Waals surface area contributed by atoms with Crippen LogP contribution in [0.5, 0.6) is 5.88 Å². The summed E-state index contributed by atoms with van der Waals surface area (Å²) in [5, 5.41) is 0. The minimum absolute atomic E-state index is 0.143. The van der Waals surface area contributed by atoms with Gasteiger partial charge in [0.25, 0.3) is 0 Å². The molecule has 0 bridgehead atoms. The van der Waals surface area contributed by atoms with Crippen LogP contribution in [0.25, 0.3) is 11.2 Å². The van der Waals surface area contributed by atoms with Crippen LogP contribution in [0.2, 0.25) is 0 Å². The molecule has 17 heavy (non-hydrogen) atoms. The number of hydrogen-bond acceptors (Lipinski definition) is 6. The number of anilines is 1. The van der Waals surface area contributed by atoms with Gasteiger partial charge in [0.2, 0.25) is 11.8 Å². The number of aromatic amines is 1. The lowest BCUT2D eigenvalue weighted by atomic mass is 10.2. The molecule has 0 aliphatic carbocycles. The molecule has 0 saturated carbocycles. The number of nitrogens with zero attached hydrogens (tertiary/aromatic N) is 3. The Kier molecular flexibility index (Phi) is 2.52. The van der Waals surface area contributed by atoms with Crippen molar-refractivity contribution in [2.75, 3.05) is 18.9 Å². The summed E-state index contributed by atoms with van der Waals surface area (Å²) in [6.45, 7) is 1.28. The number of ether oxygens (including phenoxy) is 2. The van der Waals surface area contributed by atoms with Crippen molar-refractivity contribution in [3.05, 3.63) is 6.33 Å². The molecule has 0 radical (unpaired) electrons. The maximum atomic E-state index is 5.62. The highest BCUT2D eigenvalue weighted by molar-refractivity contribution is 5.76. The first-order valence-electron chi connectivity index (χ1n) is 5.54. The van der Waals surface area contributed by atoms with E-state index in [0.717, 1.165) is 19.4 Å². The number of hydrogen-bond donors (Lipinski definition) is 2.